The summed E-state index contributed by atoms with van der Waals surface area (Å²) in [6.45, 7) is -0.691. The molecule has 0 aliphatic rings. The molecule has 1 aromatic heterocycles. The average molecular weight is 594 g/mol. The molecule has 0 spiro atoms. The number of carbonyl (C=O) groups is 2. The smallest absolute Gasteiger partial charge is 0.340 e. The minimum absolute atomic E-state index is 0.0345. The summed E-state index contributed by atoms with van der Waals surface area (Å²) in [6, 6.07) is 11.4. The Bertz CT molecular complexity index is 1320. The van der Waals surface area contributed by atoms with Gasteiger partial charge in [0.25, 0.3) is 15.9 Å². The molecule has 2 N–H and O–H groups in total. The van der Waals surface area contributed by atoms with Crippen molar-refractivity contribution in [1.82, 2.24) is 4.98 Å². The highest BCUT2D eigenvalue weighted by Crippen LogP contribution is 2.25. The van der Waals surface area contributed by atoms with E-state index >= 15 is 0 Å². The first-order chi connectivity index (χ1) is 15.5. The molecule has 172 valence electrons. The number of sulfonamides is 1. The Hall–Kier alpha value is -2.37. The molecule has 3 aromatic rings. The Balaban J connectivity index is 1.69. The van der Waals surface area contributed by atoms with Crippen LogP contribution in [-0.4, -0.2) is 31.9 Å². The first-order valence-electron chi connectivity index (χ1n) is 8.91. The van der Waals surface area contributed by atoms with Gasteiger partial charge in [0.15, 0.2) is 12.4 Å². The van der Waals surface area contributed by atoms with Gasteiger partial charge in [-0.05, 0) is 48.5 Å². The standard InChI is InChI=1S/C20H13BrCl3N3O5S/c21-11-1-3-13(4-2-11)27-33(30,31)14-5-6-16(23)15(8-14)20(29)32-10-18(28)26-19-17(24)7-12(22)9-25-19/h1-9,27H,10H2,(H,25,26,28). The van der Waals surface area contributed by atoms with E-state index < -0.39 is 28.5 Å². The van der Waals surface area contributed by atoms with E-state index in [0.29, 0.717) is 5.69 Å². The zero-order valence-corrected chi connectivity index (χ0v) is 21.0. The number of carbonyl (C=O) groups excluding carboxylic acids is 2. The Labute approximate surface area is 212 Å². The Kier molecular flexibility index (Phi) is 8.19. The summed E-state index contributed by atoms with van der Waals surface area (Å²) in [5.74, 6) is -1.69. The topological polar surface area (TPSA) is 114 Å². The number of pyridine rings is 1. The van der Waals surface area contributed by atoms with Crippen LogP contribution in [0.25, 0.3) is 0 Å². The van der Waals surface area contributed by atoms with Gasteiger partial charge < -0.3 is 10.1 Å². The summed E-state index contributed by atoms with van der Waals surface area (Å²) >= 11 is 21.0. The molecule has 3 rings (SSSR count). The summed E-state index contributed by atoms with van der Waals surface area (Å²) in [7, 11) is -4.02. The molecule has 13 heteroatoms. The summed E-state index contributed by atoms with van der Waals surface area (Å²) < 4.78 is 33.5. The van der Waals surface area contributed by atoms with E-state index in [0.717, 1.165) is 10.5 Å². The number of amides is 1. The summed E-state index contributed by atoms with van der Waals surface area (Å²) in [5.41, 5.74) is 0.0919. The molecule has 0 bridgehead atoms. The fourth-order valence-corrected chi connectivity index (χ4v) is 4.41. The molecule has 0 aliphatic carbocycles. The number of nitrogens with zero attached hydrogens (tertiary/aromatic N) is 1. The summed E-state index contributed by atoms with van der Waals surface area (Å²) in [6.07, 6.45) is 1.28. The fourth-order valence-electron chi connectivity index (χ4n) is 2.44. The van der Waals surface area contributed by atoms with E-state index in [-0.39, 0.29) is 31.3 Å². The highest BCUT2D eigenvalue weighted by Gasteiger charge is 2.21. The number of benzene rings is 2. The molecule has 1 amide bonds. The van der Waals surface area contributed by atoms with Crippen LogP contribution in [0.5, 0.6) is 0 Å². The van der Waals surface area contributed by atoms with E-state index in [9.17, 15) is 18.0 Å². The van der Waals surface area contributed by atoms with Gasteiger partial charge in [0.05, 0.1) is 25.5 Å². The van der Waals surface area contributed by atoms with Gasteiger partial charge in [0.2, 0.25) is 0 Å². The van der Waals surface area contributed by atoms with Crippen molar-refractivity contribution in [3.63, 3.8) is 0 Å². The number of ether oxygens (including phenoxy) is 1. The second-order valence-corrected chi connectivity index (χ2v) is 10.2. The zero-order valence-electron chi connectivity index (χ0n) is 16.3. The van der Waals surface area contributed by atoms with Crippen molar-refractivity contribution in [2.45, 2.75) is 4.90 Å². The normalized spacial score (nSPS) is 11.0. The second kappa shape index (κ2) is 10.7. The molecule has 8 nitrogen and oxygen atoms in total. The van der Waals surface area contributed by atoms with Crippen LogP contribution < -0.4 is 10.0 Å². The molecule has 2 aromatic carbocycles. The second-order valence-electron chi connectivity index (χ2n) is 6.36. The Morgan fingerprint density at radius 3 is 2.36 bits per heavy atom. The number of hydrogen-bond acceptors (Lipinski definition) is 6. The molecular weight excluding hydrogens is 581 g/mol. The lowest BCUT2D eigenvalue weighted by molar-refractivity contribution is -0.119. The Morgan fingerprint density at radius 1 is 1.00 bits per heavy atom. The molecule has 0 fully saturated rings. The van der Waals surface area contributed by atoms with Crippen molar-refractivity contribution in [3.05, 3.63) is 79.8 Å². The van der Waals surface area contributed by atoms with Gasteiger partial charge in [-0.15, -0.1) is 0 Å². The summed E-state index contributed by atoms with van der Waals surface area (Å²) in [4.78, 5) is 28.1. The van der Waals surface area contributed by atoms with Crippen molar-refractivity contribution in [1.29, 1.82) is 0 Å². The van der Waals surface area contributed by atoms with Crippen LogP contribution in [0.15, 0.2) is 64.1 Å². The number of rotatable bonds is 7. The number of aromatic nitrogens is 1. The molecule has 0 unspecified atom stereocenters. The number of hydrogen-bond donors (Lipinski definition) is 2. The van der Waals surface area contributed by atoms with E-state index in [1.54, 1.807) is 24.3 Å². The van der Waals surface area contributed by atoms with Crippen LogP contribution in [0, 0.1) is 0 Å². The molecule has 0 saturated carbocycles. The van der Waals surface area contributed by atoms with Crippen molar-refractivity contribution in [2.75, 3.05) is 16.6 Å². The van der Waals surface area contributed by atoms with E-state index in [4.69, 9.17) is 39.5 Å². The minimum atomic E-state index is -4.02. The van der Waals surface area contributed by atoms with Gasteiger partial charge in [-0.1, -0.05) is 50.7 Å². The Morgan fingerprint density at radius 2 is 1.70 bits per heavy atom. The van der Waals surface area contributed by atoms with Crippen molar-refractivity contribution in [2.24, 2.45) is 0 Å². The first-order valence-corrected chi connectivity index (χ1v) is 12.3. The van der Waals surface area contributed by atoms with Gasteiger partial charge >= 0.3 is 5.97 Å². The van der Waals surface area contributed by atoms with E-state index in [2.05, 4.69) is 31.0 Å². The van der Waals surface area contributed by atoms with E-state index in [1.165, 1.54) is 24.4 Å². The van der Waals surface area contributed by atoms with Crippen molar-refractivity contribution in [3.8, 4) is 0 Å². The monoisotopic (exact) mass is 591 g/mol. The van der Waals surface area contributed by atoms with Crippen molar-refractivity contribution < 1.29 is 22.7 Å². The predicted octanol–water partition coefficient (Wildman–Crippen LogP) is 5.40. The molecule has 0 atom stereocenters. The highest BCUT2D eigenvalue weighted by molar-refractivity contribution is 9.10. The van der Waals surface area contributed by atoms with Gasteiger partial charge in [-0.3, -0.25) is 9.52 Å². The van der Waals surface area contributed by atoms with Gasteiger partial charge in [-0.25, -0.2) is 18.2 Å². The van der Waals surface area contributed by atoms with Gasteiger partial charge in [0, 0.05) is 16.4 Å². The molecule has 0 aliphatic heterocycles. The quantitative estimate of drug-likeness (QED) is 0.355. The largest absolute Gasteiger partial charge is 0.452 e. The zero-order chi connectivity index (χ0) is 24.2. The SMILES string of the molecule is O=C(COC(=O)c1cc(S(=O)(=O)Nc2ccc(Br)cc2)ccc1Cl)Nc1ncc(Cl)cc1Cl. The third kappa shape index (κ3) is 6.81. The number of nitrogens with one attached hydrogen (secondary N) is 2. The maximum Gasteiger partial charge on any atom is 0.340 e. The molecule has 0 radical (unpaired) electrons. The lowest BCUT2D eigenvalue weighted by Crippen LogP contribution is -2.22. The van der Waals surface area contributed by atoms with Crippen LogP contribution >= 0.6 is 50.7 Å². The number of anilines is 2. The van der Waals surface area contributed by atoms with Crippen LogP contribution in [-0.2, 0) is 19.6 Å². The van der Waals surface area contributed by atoms with Crippen LogP contribution in [0.2, 0.25) is 15.1 Å². The van der Waals surface area contributed by atoms with Crippen LogP contribution in [0.4, 0.5) is 11.5 Å². The minimum Gasteiger partial charge on any atom is -0.452 e. The van der Waals surface area contributed by atoms with Gasteiger partial charge in [-0.2, -0.15) is 0 Å². The predicted molar refractivity (Wildman–Crippen MR) is 130 cm³/mol. The van der Waals surface area contributed by atoms with Gasteiger partial charge in [0.1, 0.15) is 0 Å². The van der Waals surface area contributed by atoms with Crippen molar-refractivity contribution >= 4 is 84.1 Å². The molecule has 0 saturated heterocycles. The lowest BCUT2D eigenvalue weighted by Gasteiger charge is -2.11. The average Bonchev–Trinajstić information content (AvgIpc) is 2.75. The fraction of sp³-hybridized carbons (Fsp3) is 0.0500. The number of esters is 1. The lowest BCUT2D eigenvalue weighted by atomic mass is 10.2. The summed E-state index contributed by atoms with van der Waals surface area (Å²) in [5, 5.41) is 2.69. The maximum absolute atomic E-state index is 12.7. The highest BCUT2D eigenvalue weighted by atomic mass is 79.9. The molecular formula is C20H13BrCl3N3O5S. The third-order valence-corrected chi connectivity index (χ3v) is 6.70. The third-order valence-electron chi connectivity index (χ3n) is 3.96. The first kappa shape index (κ1) is 25.3. The maximum atomic E-state index is 12.7. The van der Waals surface area contributed by atoms with Crippen LogP contribution in [0.3, 0.4) is 0 Å². The van der Waals surface area contributed by atoms with E-state index in [1.807, 2.05) is 0 Å². The molecule has 33 heavy (non-hydrogen) atoms. The number of halogens is 4. The van der Waals surface area contributed by atoms with Crippen LogP contribution in [0.1, 0.15) is 10.4 Å². The molecule has 1 heterocycles.